The molecule has 0 aliphatic rings. The number of hydrogen-bond acceptors (Lipinski definition) is 3. The molecule has 1 aromatic carbocycles. The maximum Gasteiger partial charge on any atom is 0.337 e. The Kier molecular flexibility index (Phi) is 4.67. The molecule has 8 heteroatoms. The van der Waals surface area contributed by atoms with Crippen LogP contribution in [0.2, 0.25) is 5.02 Å². The Morgan fingerprint density at radius 3 is 2.58 bits per heavy atom. The van der Waals surface area contributed by atoms with Crippen LogP contribution in [0.25, 0.3) is 0 Å². The van der Waals surface area contributed by atoms with E-state index in [1.165, 1.54) is 0 Å². The average Bonchev–Trinajstić information content (AvgIpc) is 2.29. The van der Waals surface area contributed by atoms with Gasteiger partial charge in [0, 0.05) is 6.54 Å². The van der Waals surface area contributed by atoms with E-state index in [0.717, 1.165) is 6.07 Å². The van der Waals surface area contributed by atoms with Crippen molar-refractivity contribution in [2.24, 2.45) is 0 Å². The maximum atomic E-state index is 13.4. The van der Waals surface area contributed by atoms with Gasteiger partial charge < -0.3 is 5.11 Å². The third kappa shape index (κ3) is 3.76. The average molecular weight is 308 g/mol. The minimum Gasteiger partial charge on any atom is -0.478 e. The Bertz CT molecular complexity index is 642. The lowest BCUT2D eigenvalue weighted by molar-refractivity contribution is 0.0696. The van der Waals surface area contributed by atoms with Crippen LogP contribution in [0.5, 0.6) is 0 Å². The Morgan fingerprint density at radius 2 is 2.11 bits per heavy atom. The highest BCUT2D eigenvalue weighted by atomic mass is 35.5. The van der Waals surface area contributed by atoms with Crippen LogP contribution in [0.3, 0.4) is 0 Å². The van der Waals surface area contributed by atoms with Crippen LogP contribution in [0.1, 0.15) is 17.3 Å². The molecule has 0 aromatic heterocycles. The van der Waals surface area contributed by atoms with E-state index in [1.54, 1.807) is 6.92 Å². The van der Waals surface area contributed by atoms with Gasteiger partial charge in [-0.1, -0.05) is 23.8 Å². The highest BCUT2D eigenvalue weighted by Gasteiger charge is 2.21. The van der Waals surface area contributed by atoms with E-state index >= 15 is 0 Å². The Hall–Kier alpha value is -1.44. The monoisotopic (exact) mass is 307 g/mol. The molecule has 104 valence electrons. The van der Waals surface area contributed by atoms with Crippen molar-refractivity contribution in [3.8, 4) is 0 Å². The first kappa shape index (κ1) is 15.6. The van der Waals surface area contributed by atoms with E-state index in [9.17, 15) is 17.6 Å². The maximum absolute atomic E-state index is 13.4. The first-order valence-electron chi connectivity index (χ1n) is 5.01. The van der Waals surface area contributed by atoms with Crippen LogP contribution in [0, 0.1) is 5.82 Å². The number of rotatable bonds is 5. The van der Waals surface area contributed by atoms with Crippen LogP contribution >= 0.6 is 11.6 Å². The zero-order valence-electron chi connectivity index (χ0n) is 9.91. The molecule has 0 saturated carbocycles. The fraction of sp³-hybridized carbons (Fsp3) is 0.182. The molecule has 19 heavy (non-hydrogen) atoms. The summed E-state index contributed by atoms with van der Waals surface area (Å²) in [6, 6.07) is 1.46. The van der Waals surface area contributed by atoms with Gasteiger partial charge in [-0.3, -0.25) is 0 Å². The van der Waals surface area contributed by atoms with Crippen molar-refractivity contribution in [1.29, 1.82) is 0 Å². The molecule has 0 heterocycles. The molecule has 0 saturated heterocycles. The quantitative estimate of drug-likeness (QED) is 0.815. The number of hydrogen-bond donors (Lipinski definition) is 2. The molecule has 0 unspecified atom stereocenters. The van der Waals surface area contributed by atoms with Crippen molar-refractivity contribution in [2.45, 2.75) is 11.8 Å². The lowest BCUT2D eigenvalue weighted by Crippen LogP contribution is -2.25. The number of carbonyl (C=O) groups is 1. The first-order valence-corrected chi connectivity index (χ1v) is 6.87. The molecule has 5 nitrogen and oxygen atoms in total. The summed E-state index contributed by atoms with van der Waals surface area (Å²) in [6.45, 7) is 5.09. The topological polar surface area (TPSA) is 83.5 Å². The standard InChI is InChI=1S/C11H11ClFNO4S/c1-6(2)5-14-19(17,18)7-3-8(11(15)16)10(12)9(13)4-7/h3-4,14H,1,5H2,2H3,(H,15,16). The van der Waals surface area contributed by atoms with E-state index in [4.69, 9.17) is 16.7 Å². The van der Waals surface area contributed by atoms with Crippen molar-refractivity contribution in [3.05, 3.63) is 40.7 Å². The molecular weight excluding hydrogens is 297 g/mol. The fourth-order valence-electron chi connectivity index (χ4n) is 1.18. The Morgan fingerprint density at radius 1 is 1.53 bits per heavy atom. The number of halogens is 2. The number of carboxylic acids is 1. The van der Waals surface area contributed by atoms with E-state index in [1.807, 2.05) is 0 Å². The summed E-state index contributed by atoms with van der Waals surface area (Å²) in [5, 5.41) is 8.18. The second-order valence-corrected chi connectivity index (χ2v) is 6.00. The van der Waals surface area contributed by atoms with Gasteiger partial charge in [-0.15, -0.1) is 0 Å². The van der Waals surface area contributed by atoms with Crippen molar-refractivity contribution in [3.63, 3.8) is 0 Å². The van der Waals surface area contributed by atoms with E-state index in [2.05, 4.69) is 11.3 Å². The zero-order chi connectivity index (χ0) is 14.8. The molecule has 2 N–H and O–H groups in total. The Balaban J connectivity index is 3.28. The molecule has 0 spiro atoms. The van der Waals surface area contributed by atoms with Gasteiger partial charge in [0.25, 0.3) is 0 Å². The zero-order valence-corrected chi connectivity index (χ0v) is 11.5. The van der Waals surface area contributed by atoms with Gasteiger partial charge in [-0.25, -0.2) is 22.3 Å². The summed E-state index contributed by atoms with van der Waals surface area (Å²) in [6.07, 6.45) is 0. The molecule has 0 bridgehead atoms. The lowest BCUT2D eigenvalue weighted by atomic mass is 10.2. The van der Waals surface area contributed by atoms with Gasteiger partial charge in [0.1, 0.15) is 5.82 Å². The van der Waals surface area contributed by atoms with E-state index in [-0.39, 0.29) is 6.54 Å². The number of sulfonamides is 1. The Labute approximate surface area is 114 Å². The third-order valence-corrected chi connectivity index (χ3v) is 3.87. The van der Waals surface area contributed by atoms with Crippen LogP contribution in [0.15, 0.2) is 29.2 Å². The predicted molar refractivity (Wildman–Crippen MR) is 68.4 cm³/mol. The summed E-state index contributed by atoms with van der Waals surface area (Å²) in [5.74, 6) is -2.63. The van der Waals surface area contributed by atoms with Gasteiger partial charge in [0.15, 0.2) is 0 Å². The third-order valence-electron chi connectivity index (χ3n) is 2.11. The molecule has 0 radical (unpaired) electrons. The fourth-order valence-corrected chi connectivity index (χ4v) is 2.50. The largest absolute Gasteiger partial charge is 0.478 e. The lowest BCUT2D eigenvalue weighted by Gasteiger charge is -2.08. The summed E-state index contributed by atoms with van der Waals surface area (Å²) in [7, 11) is -4.02. The minimum atomic E-state index is -4.02. The van der Waals surface area contributed by atoms with Gasteiger partial charge in [0.2, 0.25) is 10.0 Å². The van der Waals surface area contributed by atoms with Crippen LogP contribution < -0.4 is 4.72 Å². The van der Waals surface area contributed by atoms with Crippen LogP contribution in [-0.2, 0) is 10.0 Å². The van der Waals surface area contributed by atoms with Crippen molar-refractivity contribution < 1.29 is 22.7 Å². The van der Waals surface area contributed by atoms with Gasteiger partial charge >= 0.3 is 5.97 Å². The normalized spacial score (nSPS) is 11.3. The van der Waals surface area contributed by atoms with Crippen molar-refractivity contribution in [2.75, 3.05) is 6.54 Å². The van der Waals surface area contributed by atoms with Gasteiger partial charge in [-0.2, -0.15) is 0 Å². The summed E-state index contributed by atoms with van der Waals surface area (Å²) < 4.78 is 39.2. The molecular formula is C11H11ClFNO4S. The number of carboxylic acid groups (broad SMARTS) is 1. The number of benzene rings is 1. The van der Waals surface area contributed by atoms with E-state index < -0.39 is 37.3 Å². The SMILES string of the molecule is C=C(C)CNS(=O)(=O)c1cc(F)c(Cl)c(C(=O)O)c1. The molecule has 0 fully saturated rings. The second kappa shape index (κ2) is 5.68. The molecule has 1 rings (SSSR count). The highest BCUT2D eigenvalue weighted by molar-refractivity contribution is 7.89. The second-order valence-electron chi connectivity index (χ2n) is 3.85. The summed E-state index contributed by atoms with van der Waals surface area (Å²) in [5.41, 5.74) is -0.0613. The van der Waals surface area contributed by atoms with Gasteiger partial charge in [-0.05, 0) is 19.1 Å². The molecule has 0 amide bonds. The highest BCUT2D eigenvalue weighted by Crippen LogP contribution is 2.24. The van der Waals surface area contributed by atoms with Crippen LogP contribution in [-0.4, -0.2) is 26.0 Å². The van der Waals surface area contributed by atoms with Gasteiger partial charge in [0.05, 0.1) is 15.5 Å². The molecule has 1 aromatic rings. The first-order chi connectivity index (χ1) is 8.65. The molecule has 0 atom stereocenters. The van der Waals surface area contributed by atoms with Crippen molar-refractivity contribution in [1.82, 2.24) is 4.72 Å². The number of aromatic carboxylic acids is 1. The number of nitrogens with one attached hydrogen (secondary N) is 1. The summed E-state index contributed by atoms with van der Waals surface area (Å²) >= 11 is 5.45. The minimum absolute atomic E-state index is 0.0328. The van der Waals surface area contributed by atoms with Crippen molar-refractivity contribution >= 4 is 27.6 Å². The summed E-state index contributed by atoms with van der Waals surface area (Å²) in [4.78, 5) is 10.3. The smallest absolute Gasteiger partial charge is 0.337 e. The molecule has 0 aliphatic carbocycles. The predicted octanol–water partition coefficient (Wildman–Crippen LogP) is 2.03. The van der Waals surface area contributed by atoms with E-state index in [0.29, 0.717) is 11.6 Å². The van der Waals surface area contributed by atoms with Crippen LogP contribution in [0.4, 0.5) is 4.39 Å². The molecule has 0 aliphatic heterocycles.